The number of esters is 1. The lowest BCUT2D eigenvalue weighted by Crippen LogP contribution is -2.15. The van der Waals surface area contributed by atoms with Gasteiger partial charge in [0.15, 0.2) is 0 Å². The molecule has 1 fully saturated rings. The molecule has 16 heavy (non-hydrogen) atoms. The zero-order valence-electron chi connectivity index (χ0n) is 9.13. The molecule has 2 rings (SSSR count). The molecule has 2 nitrogen and oxygen atoms in total. The third-order valence-electron chi connectivity index (χ3n) is 2.96. The first-order valence-corrected chi connectivity index (χ1v) is 6.16. The van der Waals surface area contributed by atoms with Crippen LogP contribution in [0.15, 0.2) is 30.3 Å². The van der Waals surface area contributed by atoms with Gasteiger partial charge in [-0.3, -0.25) is 4.79 Å². The average Bonchev–Trinajstić information content (AvgIpc) is 2.74. The van der Waals surface area contributed by atoms with Crippen molar-refractivity contribution in [3.8, 4) is 0 Å². The highest BCUT2D eigenvalue weighted by Crippen LogP contribution is 2.30. The summed E-state index contributed by atoms with van der Waals surface area (Å²) < 4.78 is 5.29. The summed E-state index contributed by atoms with van der Waals surface area (Å²) in [5.41, 5.74) is 1.04. The molecule has 1 aromatic carbocycles. The predicted molar refractivity (Wildman–Crippen MR) is 66.4 cm³/mol. The monoisotopic (exact) mass is 236 g/mol. The molecule has 0 radical (unpaired) electrons. The van der Waals surface area contributed by atoms with Crippen LogP contribution in [-0.2, 0) is 16.1 Å². The number of benzene rings is 1. The van der Waals surface area contributed by atoms with Gasteiger partial charge in [0.1, 0.15) is 6.61 Å². The Bertz CT molecular complexity index is 350. The molecule has 1 aliphatic rings. The van der Waals surface area contributed by atoms with Crippen LogP contribution in [0, 0.1) is 5.92 Å². The van der Waals surface area contributed by atoms with Crippen molar-refractivity contribution in [1.82, 2.24) is 0 Å². The largest absolute Gasteiger partial charge is 0.461 e. The van der Waals surface area contributed by atoms with Crippen molar-refractivity contribution in [3.05, 3.63) is 35.9 Å². The van der Waals surface area contributed by atoms with E-state index in [2.05, 4.69) is 12.6 Å². The molecule has 86 valence electrons. The Kier molecular flexibility index (Phi) is 3.88. The lowest BCUT2D eigenvalue weighted by atomic mass is 10.1. The topological polar surface area (TPSA) is 26.3 Å². The van der Waals surface area contributed by atoms with E-state index in [0.29, 0.717) is 11.9 Å². The molecule has 0 N–H and O–H groups in total. The van der Waals surface area contributed by atoms with E-state index in [9.17, 15) is 4.79 Å². The minimum Gasteiger partial charge on any atom is -0.461 e. The number of rotatable bonds is 3. The van der Waals surface area contributed by atoms with Gasteiger partial charge in [-0.15, -0.1) is 0 Å². The van der Waals surface area contributed by atoms with Gasteiger partial charge < -0.3 is 4.74 Å². The summed E-state index contributed by atoms with van der Waals surface area (Å²) in [5, 5.41) is 0.370. The SMILES string of the molecule is O=C(OCc1ccccc1)C1CCC(S)C1. The van der Waals surface area contributed by atoms with Crippen LogP contribution < -0.4 is 0 Å². The van der Waals surface area contributed by atoms with Crippen molar-refractivity contribution < 1.29 is 9.53 Å². The molecule has 0 saturated heterocycles. The summed E-state index contributed by atoms with van der Waals surface area (Å²) in [5.74, 6) is -0.00776. The number of ether oxygens (including phenoxy) is 1. The van der Waals surface area contributed by atoms with Crippen LogP contribution in [0.5, 0.6) is 0 Å². The molecular weight excluding hydrogens is 220 g/mol. The third-order valence-corrected chi connectivity index (χ3v) is 3.43. The molecule has 3 heteroatoms. The normalized spacial score (nSPS) is 24.3. The van der Waals surface area contributed by atoms with Gasteiger partial charge in [0.25, 0.3) is 0 Å². The van der Waals surface area contributed by atoms with E-state index in [4.69, 9.17) is 4.74 Å². The fraction of sp³-hybridized carbons (Fsp3) is 0.462. The van der Waals surface area contributed by atoms with Crippen LogP contribution >= 0.6 is 12.6 Å². The van der Waals surface area contributed by atoms with E-state index in [0.717, 1.165) is 24.8 Å². The van der Waals surface area contributed by atoms with E-state index >= 15 is 0 Å². The molecular formula is C13H16O2S. The van der Waals surface area contributed by atoms with Gasteiger partial charge in [-0.25, -0.2) is 0 Å². The summed E-state index contributed by atoms with van der Waals surface area (Å²) in [4.78, 5) is 11.7. The van der Waals surface area contributed by atoms with Crippen LogP contribution in [0.2, 0.25) is 0 Å². The highest BCUT2D eigenvalue weighted by Gasteiger charge is 2.28. The lowest BCUT2D eigenvalue weighted by Gasteiger charge is -2.09. The van der Waals surface area contributed by atoms with Crippen LogP contribution in [0.4, 0.5) is 0 Å². The van der Waals surface area contributed by atoms with Crippen molar-refractivity contribution in [2.75, 3.05) is 0 Å². The molecule has 0 amide bonds. The second-order valence-electron chi connectivity index (χ2n) is 4.26. The molecule has 1 aromatic rings. The minimum absolute atomic E-state index is 0.0613. The highest BCUT2D eigenvalue weighted by atomic mass is 32.1. The van der Waals surface area contributed by atoms with Gasteiger partial charge in [0, 0.05) is 5.25 Å². The maximum atomic E-state index is 11.7. The van der Waals surface area contributed by atoms with Crippen molar-refractivity contribution in [2.45, 2.75) is 31.1 Å². The third kappa shape index (κ3) is 3.01. The second-order valence-corrected chi connectivity index (χ2v) is 4.99. The molecule has 1 saturated carbocycles. The van der Waals surface area contributed by atoms with Gasteiger partial charge >= 0.3 is 5.97 Å². The van der Waals surface area contributed by atoms with Gasteiger partial charge in [-0.2, -0.15) is 12.6 Å². The predicted octanol–water partition coefficient (Wildman–Crippen LogP) is 2.83. The van der Waals surface area contributed by atoms with Crippen LogP contribution in [0.3, 0.4) is 0 Å². The van der Waals surface area contributed by atoms with Crippen LogP contribution in [-0.4, -0.2) is 11.2 Å². The molecule has 0 aromatic heterocycles. The fourth-order valence-electron chi connectivity index (χ4n) is 2.02. The van der Waals surface area contributed by atoms with E-state index in [1.165, 1.54) is 0 Å². The smallest absolute Gasteiger partial charge is 0.309 e. The first-order valence-electron chi connectivity index (χ1n) is 5.64. The van der Waals surface area contributed by atoms with E-state index in [-0.39, 0.29) is 11.9 Å². The summed E-state index contributed by atoms with van der Waals surface area (Å²) in [6.45, 7) is 0.382. The maximum Gasteiger partial charge on any atom is 0.309 e. The van der Waals surface area contributed by atoms with Gasteiger partial charge in [-0.1, -0.05) is 30.3 Å². The van der Waals surface area contributed by atoms with Crippen molar-refractivity contribution in [2.24, 2.45) is 5.92 Å². The van der Waals surface area contributed by atoms with Crippen molar-refractivity contribution in [3.63, 3.8) is 0 Å². The average molecular weight is 236 g/mol. The number of thiol groups is 1. The number of carbonyl (C=O) groups excluding carboxylic acids is 1. The first-order chi connectivity index (χ1) is 7.75. The Morgan fingerprint density at radius 1 is 1.31 bits per heavy atom. The van der Waals surface area contributed by atoms with Gasteiger partial charge in [0.2, 0.25) is 0 Å². The fourth-order valence-corrected chi connectivity index (χ4v) is 2.42. The summed E-state index contributed by atoms with van der Waals surface area (Å²) in [6.07, 6.45) is 2.80. The summed E-state index contributed by atoms with van der Waals surface area (Å²) in [7, 11) is 0. The molecule has 0 aliphatic heterocycles. The van der Waals surface area contributed by atoms with Crippen LogP contribution in [0.1, 0.15) is 24.8 Å². The molecule has 0 bridgehead atoms. The Labute approximate surface area is 101 Å². The molecule has 2 unspecified atom stereocenters. The summed E-state index contributed by atoms with van der Waals surface area (Å²) in [6, 6.07) is 9.77. The van der Waals surface area contributed by atoms with Crippen molar-refractivity contribution >= 4 is 18.6 Å². The maximum absolute atomic E-state index is 11.7. The molecule has 0 heterocycles. The first kappa shape index (κ1) is 11.5. The van der Waals surface area contributed by atoms with E-state index < -0.39 is 0 Å². The molecule has 1 aliphatic carbocycles. The number of hydrogen-bond acceptors (Lipinski definition) is 3. The number of hydrogen-bond donors (Lipinski definition) is 1. The van der Waals surface area contributed by atoms with Crippen molar-refractivity contribution in [1.29, 1.82) is 0 Å². The zero-order chi connectivity index (χ0) is 11.4. The Morgan fingerprint density at radius 2 is 2.06 bits per heavy atom. The van der Waals surface area contributed by atoms with E-state index in [1.807, 2.05) is 30.3 Å². The highest BCUT2D eigenvalue weighted by molar-refractivity contribution is 7.80. The van der Waals surface area contributed by atoms with Gasteiger partial charge in [-0.05, 0) is 24.8 Å². The Hall–Kier alpha value is -0.960. The van der Waals surface area contributed by atoms with E-state index in [1.54, 1.807) is 0 Å². The second kappa shape index (κ2) is 5.39. The molecule has 2 atom stereocenters. The quantitative estimate of drug-likeness (QED) is 0.645. The molecule has 0 spiro atoms. The Morgan fingerprint density at radius 3 is 2.69 bits per heavy atom. The Balaban J connectivity index is 1.80. The van der Waals surface area contributed by atoms with Crippen LogP contribution in [0.25, 0.3) is 0 Å². The zero-order valence-corrected chi connectivity index (χ0v) is 10.0. The van der Waals surface area contributed by atoms with Gasteiger partial charge in [0.05, 0.1) is 5.92 Å². The lowest BCUT2D eigenvalue weighted by molar-refractivity contribution is -0.149. The number of carbonyl (C=O) groups is 1. The minimum atomic E-state index is -0.0691. The standard InChI is InChI=1S/C13H16O2S/c14-13(11-6-7-12(16)8-11)15-9-10-4-2-1-3-5-10/h1-5,11-12,16H,6-9H2. The summed E-state index contributed by atoms with van der Waals surface area (Å²) >= 11 is 4.38.